The van der Waals surface area contributed by atoms with Crippen molar-refractivity contribution >= 4 is 5.96 Å². The maximum absolute atomic E-state index is 13.3. The smallest absolute Gasteiger partial charge is 0.194 e. The number of nitrogens with zero attached hydrogens (tertiary/aromatic N) is 5. The molecule has 0 radical (unpaired) electrons. The van der Waals surface area contributed by atoms with Crippen molar-refractivity contribution in [3.63, 3.8) is 0 Å². The molecule has 2 atom stereocenters. The molecule has 2 unspecified atom stereocenters. The van der Waals surface area contributed by atoms with E-state index in [4.69, 9.17) is 9.73 Å². The average molecular weight is 388 g/mol. The normalized spacial score (nSPS) is 20.4. The number of guanidine groups is 1. The summed E-state index contributed by atoms with van der Waals surface area (Å²) in [5.41, 5.74) is 0.978. The Morgan fingerprint density at radius 1 is 1.29 bits per heavy atom. The third-order valence-electron chi connectivity index (χ3n) is 4.75. The van der Waals surface area contributed by atoms with Crippen LogP contribution in [0.15, 0.2) is 35.6 Å². The van der Waals surface area contributed by atoms with Crippen LogP contribution < -0.4 is 5.32 Å². The van der Waals surface area contributed by atoms with Gasteiger partial charge in [0.25, 0.3) is 0 Å². The summed E-state index contributed by atoms with van der Waals surface area (Å²) in [6, 6.07) is 6.54. The second kappa shape index (κ2) is 9.64. The molecule has 3 rings (SSSR count). The Hall–Kier alpha value is -2.48. The minimum atomic E-state index is -0.236. The lowest BCUT2D eigenvalue weighted by Gasteiger charge is -2.38. The van der Waals surface area contributed by atoms with Crippen molar-refractivity contribution in [2.24, 2.45) is 4.99 Å². The predicted molar refractivity (Wildman–Crippen MR) is 107 cm³/mol. The number of aliphatic imine (C=N–C) groups is 1. The Morgan fingerprint density at radius 2 is 2.07 bits per heavy atom. The molecule has 8 heteroatoms. The van der Waals surface area contributed by atoms with Crippen molar-refractivity contribution in [3.05, 3.63) is 47.8 Å². The zero-order chi connectivity index (χ0) is 19.9. The third kappa shape index (κ3) is 5.07. The fourth-order valence-corrected chi connectivity index (χ4v) is 3.41. The Bertz CT molecular complexity index is 775. The van der Waals surface area contributed by atoms with E-state index in [2.05, 4.69) is 41.2 Å². The molecule has 0 aliphatic carbocycles. The fourth-order valence-electron chi connectivity index (χ4n) is 3.41. The molecule has 1 aromatic heterocycles. The number of benzene rings is 1. The molecule has 0 amide bonds. The number of nitrogens with one attached hydrogen (secondary N) is 1. The van der Waals surface area contributed by atoms with Crippen LogP contribution in [0, 0.1) is 5.82 Å². The van der Waals surface area contributed by atoms with Gasteiger partial charge in [0.1, 0.15) is 24.1 Å². The van der Waals surface area contributed by atoms with E-state index in [1.807, 2.05) is 4.57 Å². The Labute approximate surface area is 165 Å². The zero-order valence-corrected chi connectivity index (χ0v) is 16.8. The zero-order valence-electron chi connectivity index (χ0n) is 16.8. The minimum Gasteiger partial charge on any atom is -0.367 e. The summed E-state index contributed by atoms with van der Waals surface area (Å²) in [7, 11) is 0. The van der Waals surface area contributed by atoms with Crippen LogP contribution in [0.3, 0.4) is 0 Å². The van der Waals surface area contributed by atoms with Crippen molar-refractivity contribution in [1.29, 1.82) is 0 Å². The molecule has 0 saturated carbocycles. The average Bonchev–Trinajstić information content (AvgIpc) is 3.15. The SMILES string of the molecule is CCNC(=NCCn1cnnc1CC)N1CC(C)OC(c2ccc(F)cc2)C1. The van der Waals surface area contributed by atoms with Crippen LogP contribution in [-0.2, 0) is 17.7 Å². The van der Waals surface area contributed by atoms with Crippen LogP contribution >= 0.6 is 0 Å². The summed E-state index contributed by atoms with van der Waals surface area (Å²) in [5.74, 6) is 1.60. The van der Waals surface area contributed by atoms with E-state index in [1.165, 1.54) is 12.1 Å². The van der Waals surface area contributed by atoms with Gasteiger partial charge in [-0.2, -0.15) is 0 Å². The first-order valence-corrected chi connectivity index (χ1v) is 9.91. The van der Waals surface area contributed by atoms with E-state index < -0.39 is 0 Å². The summed E-state index contributed by atoms with van der Waals surface area (Å²) in [4.78, 5) is 7.02. The highest BCUT2D eigenvalue weighted by atomic mass is 19.1. The number of ether oxygens (including phenoxy) is 1. The van der Waals surface area contributed by atoms with Crippen LogP contribution in [0.25, 0.3) is 0 Å². The molecular formula is C20H29FN6O. The number of aryl methyl sites for hydroxylation is 1. The standard InChI is InChI=1S/C20H29FN6O/c1-4-19-25-24-14-26(19)11-10-23-20(22-5-2)27-12-15(3)28-18(13-27)16-6-8-17(21)9-7-16/h6-9,14-15,18H,4-5,10-13H2,1-3H3,(H,22,23). The molecule has 1 aliphatic rings. The number of aromatic nitrogens is 3. The Balaban J connectivity index is 1.69. The highest BCUT2D eigenvalue weighted by molar-refractivity contribution is 5.80. The topological polar surface area (TPSA) is 67.6 Å². The summed E-state index contributed by atoms with van der Waals surface area (Å²) in [5, 5.41) is 11.5. The van der Waals surface area contributed by atoms with Crippen molar-refractivity contribution in [2.75, 3.05) is 26.2 Å². The Morgan fingerprint density at radius 3 is 2.79 bits per heavy atom. The number of hydrogen-bond donors (Lipinski definition) is 1. The van der Waals surface area contributed by atoms with E-state index >= 15 is 0 Å². The molecule has 7 nitrogen and oxygen atoms in total. The first-order chi connectivity index (χ1) is 13.6. The minimum absolute atomic E-state index is 0.0530. The van der Waals surface area contributed by atoms with Crippen LogP contribution in [0.4, 0.5) is 4.39 Å². The van der Waals surface area contributed by atoms with Crippen molar-refractivity contribution in [2.45, 2.75) is 45.9 Å². The van der Waals surface area contributed by atoms with Crippen molar-refractivity contribution in [3.8, 4) is 0 Å². The van der Waals surface area contributed by atoms with Crippen molar-refractivity contribution in [1.82, 2.24) is 25.0 Å². The lowest BCUT2D eigenvalue weighted by molar-refractivity contribution is -0.0605. The van der Waals surface area contributed by atoms with Gasteiger partial charge in [0.05, 0.1) is 19.2 Å². The third-order valence-corrected chi connectivity index (χ3v) is 4.75. The first kappa shape index (κ1) is 20.3. The van der Waals surface area contributed by atoms with Gasteiger partial charge in [-0.15, -0.1) is 10.2 Å². The maximum atomic E-state index is 13.3. The first-order valence-electron chi connectivity index (χ1n) is 9.91. The van der Waals surface area contributed by atoms with Gasteiger partial charge in [0.2, 0.25) is 0 Å². The van der Waals surface area contributed by atoms with E-state index in [1.54, 1.807) is 18.5 Å². The highest BCUT2D eigenvalue weighted by Crippen LogP contribution is 2.25. The van der Waals surface area contributed by atoms with E-state index in [-0.39, 0.29) is 18.0 Å². The van der Waals surface area contributed by atoms with Gasteiger partial charge < -0.3 is 19.5 Å². The molecule has 1 saturated heterocycles. The lowest BCUT2D eigenvalue weighted by atomic mass is 10.1. The van der Waals surface area contributed by atoms with E-state index in [0.29, 0.717) is 13.1 Å². The van der Waals surface area contributed by atoms with Gasteiger partial charge in [-0.1, -0.05) is 19.1 Å². The molecule has 0 spiro atoms. The molecule has 152 valence electrons. The van der Waals surface area contributed by atoms with Crippen molar-refractivity contribution < 1.29 is 9.13 Å². The molecule has 1 fully saturated rings. The van der Waals surface area contributed by atoms with Gasteiger partial charge in [-0.25, -0.2) is 4.39 Å². The molecular weight excluding hydrogens is 359 g/mol. The van der Waals surface area contributed by atoms with Crippen LogP contribution in [-0.4, -0.2) is 57.9 Å². The second-order valence-corrected chi connectivity index (χ2v) is 6.92. The van der Waals surface area contributed by atoms with Gasteiger partial charge >= 0.3 is 0 Å². The second-order valence-electron chi connectivity index (χ2n) is 6.92. The predicted octanol–water partition coefficient (Wildman–Crippen LogP) is 2.41. The largest absolute Gasteiger partial charge is 0.367 e. The van der Waals surface area contributed by atoms with Crippen LogP contribution in [0.1, 0.15) is 38.3 Å². The van der Waals surface area contributed by atoms with Gasteiger partial charge in [0, 0.05) is 26.1 Å². The molecule has 0 bridgehead atoms. The summed E-state index contributed by atoms with van der Waals surface area (Å²) < 4.78 is 21.4. The van der Waals surface area contributed by atoms with Gasteiger partial charge in [0.15, 0.2) is 5.96 Å². The Kier molecular flexibility index (Phi) is 6.97. The molecule has 2 aromatic rings. The van der Waals surface area contributed by atoms with Crippen LogP contribution in [0.5, 0.6) is 0 Å². The summed E-state index contributed by atoms with van der Waals surface area (Å²) in [6.45, 7) is 9.79. The van der Waals surface area contributed by atoms with Crippen LogP contribution in [0.2, 0.25) is 0 Å². The fraction of sp³-hybridized carbons (Fsp3) is 0.550. The number of morpholine rings is 1. The molecule has 2 heterocycles. The number of rotatable bonds is 6. The molecule has 28 heavy (non-hydrogen) atoms. The summed E-state index contributed by atoms with van der Waals surface area (Å²) >= 11 is 0. The van der Waals surface area contributed by atoms with Gasteiger partial charge in [-0.05, 0) is 31.5 Å². The lowest BCUT2D eigenvalue weighted by Crippen LogP contribution is -2.50. The molecule has 1 N–H and O–H groups in total. The van der Waals surface area contributed by atoms with E-state index in [9.17, 15) is 4.39 Å². The number of halogens is 1. The highest BCUT2D eigenvalue weighted by Gasteiger charge is 2.28. The maximum Gasteiger partial charge on any atom is 0.194 e. The quantitative estimate of drug-likeness (QED) is 0.608. The van der Waals surface area contributed by atoms with Gasteiger partial charge in [-0.3, -0.25) is 4.99 Å². The number of hydrogen-bond acceptors (Lipinski definition) is 4. The monoisotopic (exact) mass is 388 g/mol. The summed E-state index contributed by atoms with van der Waals surface area (Å²) in [6.07, 6.45) is 2.54. The molecule has 1 aliphatic heterocycles. The van der Waals surface area contributed by atoms with E-state index in [0.717, 1.165) is 43.4 Å². The molecule has 1 aromatic carbocycles.